The SMILES string of the molecule is CC(C)CCCC(C)NCc1ccc2c(c1)OCCCO2. The van der Waals surface area contributed by atoms with E-state index in [-0.39, 0.29) is 0 Å². The Balaban J connectivity index is 1.79. The molecule has 1 aliphatic heterocycles. The average molecular weight is 291 g/mol. The molecule has 0 fully saturated rings. The molecule has 0 amide bonds. The lowest BCUT2D eigenvalue weighted by molar-refractivity contribution is 0.297. The molecular formula is C18H29NO2. The van der Waals surface area contributed by atoms with Gasteiger partial charge < -0.3 is 14.8 Å². The second kappa shape index (κ2) is 8.28. The number of rotatable bonds is 7. The van der Waals surface area contributed by atoms with E-state index in [4.69, 9.17) is 9.47 Å². The van der Waals surface area contributed by atoms with Crippen LogP contribution >= 0.6 is 0 Å². The van der Waals surface area contributed by atoms with Gasteiger partial charge in [0.05, 0.1) is 13.2 Å². The topological polar surface area (TPSA) is 30.5 Å². The molecule has 1 aromatic carbocycles. The van der Waals surface area contributed by atoms with Gasteiger partial charge in [-0.25, -0.2) is 0 Å². The lowest BCUT2D eigenvalue weighted by Gasteiger charge is -2.15. The van der Waals surface area contributed by atoms with Crippen LogP contribution in [0.4, 0.5) is 0 Å². The van der Waals surface area contributed by atoms with E-state index in [2.05, 4.69) is 38.2 Å². The van der Waals surface area contributed by atoms with E-state index in [0.717, 1.165) is 43.6 Å². The van der Waals surface area contributed by atoms with Gasteiger partial charge in [-0.1, -0.05) is 32.8 Å². The first-order chi connectivity index (χ1) is 10.1. The molecular weight excluding hydrogens is 262 g/mol. The van der Waals surface area contributed by atoms with Crippen molar-refractivity contribution in [1.82, 2.24) is 5.32 Å². The first kappa shape index (κ1) is 16.2. The number of ether oxygens (including phenoxy) is 2. The monoisotopic (exact) mass is 291 g/mol. The highest BCUT2D eigenvalue weighted by Crippen LogP contribution is 2.30. The number of hydrogen-bond donors (Lipinski definition) is 1. The fourth-order valence-corrected chi connectivity index (χ4v) is 2.54. The smallest absolute Gasteiger partial charge is 0.161 e. The van der Waals surface area contributed by atoms with E-state index < -0.39 is 0 Å². The third kappa shape index (κ3) is 5.58. The summed E-state index contributed by atoms with van der Waals surface area (Å²) in [5, 5.41) is 3.60. The van der Waals surface area contributed by atoms with Gasteiger partial charge in [-0.2, -0.15) is 0 Å². The molecule has 21 heavy (non-hydrogen) atoms. The zero-order chi connectivity index (χ0) is 15.1. The lowest BCUT2D eigenvalue weighted by atomic mass is 10.0. The van der Waals surface area contributed by atoms with Gasteiger partial charge in [0.15, 0.2) is 11.5 Å². The maximum atomic E-state index is 5.73. The summed E-state index contributed by atoms with van der Waals surface area (Å²) in [7, 11) is 0. The Morgan fingerprint density at radius 2 is 1.81 bits per heavy atom. The fourth-order valence-electron chi connectivity index (χ4n) is 2.54. The van der Waals surface area contributed by atoms with Gasteiger partial charge in [0.2, 0.25) is 0 Å². The Labute approximate surface area is 129 Å². The largest absolute Gasteiger partial charge is 0.490 e. The van der Waals surface area contributed by atoms with Crippen LogP contribution in [-0.4, -0.2) is 19.3 Å². The van der Waals surface area contributed by atoms with E-state index in [9.17, 15) is 0 Å². The minimum absolute atomic E-state index is 0.555. The van der Waals surface area contributed by atoms with Crippen LogP contribution in [-0.2, 0) is 6.54 Å². The minimum Gasteiger partial charge on any atom is -0.490 e. The van der Waals surface area contributed by atoms with Gasteiger partial charge in [-0.15, -0.1) is 0 Å². The van der Waals surface area contributed by atoms with Crippen molar-refractivity contribution >= 4 is 0 Å². The summed E-state index contributed by atoms with van der Waals surface area (Å²) >= 11 is 0. The highest BCUT2D eigenvalue weighted by Gasteiger charge is 2.11. The third-order valence-electron chi connectivity index (χ3n) is 3.89. The molecule has 1 N–H and O–H groups in total. The molecule has 0 saturated heterocycles. The first-order valence-electron chi connectivity index (χ1n) is 8.27. The number of nitrogens with one attached hydrogen (secondary N) is 1. The molecule has 0 radical (unpaired) electrons. The summed E-state index contributed by atoms with van der Waals surface area (Å²) in [5.41, 5.74) is 1.26. The van der Waals surface area contributed by atoms with Crippen molar-refractivity contribution in [3.05, 3.63) is 23.8 Å². The van der Waals surface area contributed by atoms with Gasteiger partial charge in [0, 0.05) is 19.0 Å². The highest BCUT2D eigenvalue weighted by atomic mass is 16.5. The van der Waals surface area contributed by atoms with Gasteiger partial charge in [0.1, 0.15) is 0 Å². The molecule has 0 aromatic heterocycles. The number of hydrogen-bond acceptors (Lipinski definition) is 3. The second-order valence-electron chi connectivity index (χ2n) is 6.44. The molecule has 1 atom stereocenters. The van der Waals surface area contributed by atoms with Crippen molar-refractivity contribution < 1.29 is 9.47 Å². The lowest BCUT2D eigenvalue weighted by Crippen LogP contribution is -2.25. The summed E-state index contributed by atoms with van der Waals surface area (Å²) < 4.78 is 11.4. The Morgan fingerprint density at radius 3 is 2.57 bits per heavy atom. The summed E-state index contributed by atoms with van der Waals surface area (Å²) in [5.74, 6) is 2.57. The van der Waals surface area contributed by atoms with Crippen LogP contribution in [0.3, 0.4) is 0 Å². The molecule has 3 heteroatoms. The first-order valence-corrected chi connectivity index (χ1v) is 8.27. The molecule has 1 heterocycles. The number of benzene rings is 1. The molecule has 118 valence electrons. The van der Waals surface area contributed by atoms with Gasteiger partial charge in [0.25, 0.3) is 0 Å². The van der Waals surface area contributed by atoms with E-state index in [1.807, 2.05) is 6.07 Å². The average Bonchev–Trinajstić information content (AvgIpc) is 2.69. The molecule has 3 nitrogen and oxygen atoms in total. The van der Waals surface area contributed by atoms with Crippen LogP contribution in [0.5, 0.6) is 11.5 Å². The molecule has 2 rings (SSSR count). The Kier molecular flexibility index (Phi) is 6.37. The summed E-state index contributed by atoms with van der Waals surface area (Å²) in [6.07, 6.45) is 4.81. The molecule has 1 unspecified atom stereocenters. The van der Waals surface area contributed by atoms with Gasteiger partial charge >= 0.3 is 0 Å². The van der Waals surface area contributed by atoms with Gasteiger partial charge in [-0.05, 0) is 37.0 Å². The minimum atomic E-state index is 0.555. The van der Waals surface area contributed by atoms with E-state index >= 15 is 0 Å². The molecule has 0 spiro atoms. The number of fused-ring (bicyclic) bond motifs is 1. The van der Waals surface area contributed by atoms with Crippen molar-refractivity contribution in [3.8, 4) is 11.5 Å². The van der Waals surface area contributed by atoms with Crippen LogP contribution in [0, 0.1) is 5.92 Å². The predicted octanol–water partition coefficient (Wildman–Crippen LogP) is 4.15. The second-order valence-corrected chi connectivity index (χ2v) is 6.44. The zero-order valence-corrected chi connectivity index (χ0v) is 13.7. The molecule has 0 saturated carbocycles. The van der Waals surface area contributed by atoms with Crippen molar-refractivity contribution in [2.24, 2.45) is 5.92 Å². The molecule has 0 aliphatic carbocycles. The van der Waals surface area contributed by atoms with Crippen molar-refractivity contribution in [2.75, 3.05) is 13.2 Å². The predicted molar refractivity (Wildman–Crippen MR) is 87.0 cm³/mol. The summed E-state index contributed by atoms with van der Waals surface area (Å²) in [4.78, 5) is 0. The van der Waals surface area contributed by atoms with Crippen molar-refractivity contribution in [2.45, 2.75) is 59.0 Å². The van der Waals surface area contributed by atoms with Gasteiger partial charge in [-0.3, -0.25) is 0 Å². The highest BCUT2D eigenvalue weighted by molar-refractivity contribution is 5.43. The Hall–Kier alpha value is -1.22. The normalized spacial score (nSPS) is 15.8. The van der Waals surface area contributed by atoms with Crippen LogP contribution in [0.2, 0.25) is 0 Å². The van der Waals surface area contributed by atoms with Crippen LogP contribution in [0.1, 0.15) is 52.0 Å². The maximum absolute atomic E-state index is 5.73. The van der Waals surface area contributed by atoms with Crippen molar-refractivity contribution in [1.29, 1.82) is 0 Å². The molecule has 1 aromatic rings. The van der Waals surface area contributed by atoms with Crippen molar-refractivity contribution in [3.63, 3.8) is 0 Å². The van der Waals surface area contributed by atoms with Crippen LogP contribution in [0.25, 0.3) is 0 Å². The van der Waals surface area contributed by atoms with E-state index in [1.165, 1.54) is 24.8 Å². The van der Waals surface area contributed by atoms with Crippen LogP contribution in [0.15, 0.2) is 18.2 Å². The Bertz CT molecular complexity index is 431. The quantitative estimate of drug-likeness (QED) is 0.818. The standard InChI is InChI=1S/C18H29NO2/c1-14(2)6-4-7-15(3)19-13-16-8-9-17-18(12-16)21-11-5-10-20-17/h8-9,12,14-15,19H,4-7,10-11,13H2,1-3H3. The van der Waals surface area contributed by atoms with E-state index in [1.54, 1.807) is 0 Å². The van der Waals surface area contributed by atoms with E-state index in [0.29, 0.717) is 6.04 Å². The summed E-state index contributed by atoms with van der Waals surface area (Å²) in [6.45, 7) is 9.22. The maximum Gasteiger partial charge on any atom is 0.161 e. The van der Waals surface area contributed by atoms with Crippen LogP contribution < -0.4 is 14.8 Å². The third-order valence-corrected chi connectivity index (χ3v) is 3.89. The zero-order valence-electron chi connectivity index (χ0n) is 13.7. The summed E-state index contributed by atoms with van der Waals surface area (Å²) in [6, 6.07) is 6.82. The Morgan fingerprint density at radius 1 is 1.05 bits per heavy atom. The molecule has 0 bridgehead atoms. The molecule has 1 aliphatic rings. The fraction of sp³-hybridized carbons (Fsp3) is 0.667.